The summed E-state index contributed by atoms with van der Waals surface area (Å²) in [6.45, 7) is 1.96. The van der Waals surface area contributed by atoms with E-state index in [0.29, 0.717) is 11.7 Å². The van der Waals surface area contributed by atoms with E-state index in [1.54, 1.807) is 11.3 Å². The highest BCUT2D eigenvalue weighted by molar-refractivity contribution is 7.08. The molecule has 6 heteroatoms. The smallest absolute Gasteiger partial charge is 0.259 e. The summed E-state index contributed by atoms with van der Waals surface area (Å²) < 4.78 is 5.46. The van der Waals surface area contributed by atoms with Crippen LogP contribution in [0, 0.1) is 6.92 Å². The molecule has 1 fully saturated rings. The third-order valence-electron chi connectivity index (χ3n) is 4.50. The molecule has 0 radical (unpaired) electrons. The van der Waals surface area contributed by atoms with Crippen LogP contribution in [0.15, 0.2) is 33.5 Å². The number of hydrogen-bond acceptors (Lipinski definition) is 6. The Morgan fingerprint density at radius 3 is 2.70 bits per heavy atom. The normalized spacial score (nSPS) is 16.8. The zero-order valence-corrected chi connectivity index (χ0v) is 13.8. The van der Waals surface area contributed by atoms with Crippen molar-refractivity contribution in [1.82, 2.24) is 15.1 Å². The van der Waals surface area contributed by atoms with Crippen molar-refractivity contribution < 1.29 is 4.52 Å². The van der Waals surface area contributed by atoms with Gasteiger partial charge in [0.2, 0.25) is 0 Å². The molecule has 0 aromatic carbocycles. The molecule has 2 N–H and O–H groups in total. The van der Waals surface area contributed by atoms with Crippen molar-refractivity contribution in [1.29, 1.82) is 0 Å². The lowest BCUT2D eigenvalue weighted by molar-refractivity contribution is 0.372. The second kappa shape index (κ2) is 5.54. The van der Waals surface area contributed by atoms with Gasteiger partial charge in [0.1, 0.15) is 0 Å². The summed E-state index contributed by atoms with van der Waals surface area (Å²) in [6.07, 6.45) is 4.08. The van der Waals surface area contributed by atoms with Crippen molar-refractivity contribution in [3.05, 3.63) is 40.5 Å². The van der Waals surface area contributed by atoms with E-state index in [9.17, 15) is 0 Å². The lowest BCUT2D eigenvalue weighted by Crippen LogP contribution is -2.34. The minimum atomic E-state index is -0.431. The second-order valence-corrected chi connectivity index (χ2v) is 6.91. The molecule has 1 aliphatic carbocycles. The van der Waals surface area contributed by atoms with Gasteiger partial charge in [-0.05, 0) is 43.3 Å². The summed E-state index contributed by atoms with van der Waals surface area (Å²) in [5, 5.41) is 8.26. The van der Waals surface area contributed by atoms with Crippen LogP contribution in [0.3, 0.4) is 0 Å². The van der Waals surface area contributed by atoms with Crippen molar-refractivity contribution in [3.8, 4) is 22.7 Å². The van der Waals surface area contributed by atoms with E-state index in [0.717, 1.165) is 48.2 Å². The standard InChI is InChI=1S/C17H18N4OS/c1-11-13(4-5-14(19-11)12-6-9-23-10-12)15-20-16(21-22-15)17(18)7-2-3-8-17/h4-6,9-10H,2-3,7-8,18H2,1H3. The number of aryl methyl sites for hydroxylation is 1. The van der Waals surface area contributed by atoms with Gasteiger partial charge in [0.05, 0.1) is 22.5 Å². The summed E-state index contributed by atoms with van der Waals surface area (Å²) in [5.74, 6) is 1.12. The van der Waals surface area contributed by atoms with Crippen LogP contribution in [0.5, 0.6) is 0 Å². The lowest BCUT2D eigenvalue weighted by atomic mass is 9.98. The van der Waals surface area contributed by atoms with Crippen molar-refractivity contribution in [2.24, 2.45) is 5.73 Å². The summed E-state index contributed by atoms with van der Waals surface area (Å²) in [4.78, 5) is 9.21. The summed E-state index contributed by atoms with van der Waals surface area (Å²) in [6, 6.07) is 6.04. The zero-order chi connectivity index (χ0) is 15.9. The van der Waals surface area contributed by atoms with Gasteiger partial charge in [0.15, 0.2) is 5.82 Å². The Hall–Kier alpha value is -2.05. The van der Waals surface area contributed by atoms with Crippen molar-refractivity contribution in [3.63, 3.8) is 0 Å². The minimum absolute atomic E-state index is 0.431. The van der Waals surface area contributed by atoms with E-state index >= 15 is 0 Å². The molecule has 3 aromatic rings. The van der Waals surface area contributed by atoms with E-state index in [1.165, 1.54) is 0 Å². The highest BCUT2D eigenvalue weighted by Gasteiger charge is 2.36. The summed E-state index contributed by atoms with van der Waals surface area (Å²) in [7, 11) is 0. The number of hydrogen-bond donors (Lipinski definition) is 1. The number of nitrogens with two attached hydrogens (primary N) is 1. The molecule has 0 aliphatic heterocycles. The van der Waals surface area contributed by atoms with Crippen LogP contribution in [-0.2, 0) is 5.54 Å². The van der Waals surface area contributed by atoms with Gasteiger partial charge in [0.25, 0.3) is 5.89 Å². The minimum Gasteiger partial charge on any atom is -0.334 e. The number of rotatable bonds is 3. The summed E-state index contributed by atoms with van der Waals surface area (Å²) in [5.41, 5.74) is 9.79. The van der Waals surface area contributed by atoms with Crippen molar-refractivity contribution >= 4 is 11.3 Å². The Labute approximate surface area is 138 Å². The molecule has 0 amide bonds. The first-order chi connectivity index (χ1) is 11.2. The predicted molar refractivity (Wildman–Crippen MR) is 89.9 cm³/mol. The maximum absolute atomic E-state index is 6.40. The Morgan fingerprint density at radius 2 is 2.00 bits per heavy atom. The summed E-state index contributed by atoms with van der Waals surface area (Å²) >= 11 is 1.66. The van der Waals surface area contributed by atoms with Gasteiger partial charge in [-0.25, -0.2) is 0 Å². The molecule has 0 saturated heterocycles. The van der Waals surface area contributed by atoms with Gasteiger partial charge in [-0.3, -0.25) is 4.98 Å². The topological polar surface area (TPSA) is 77.8 Å². The predicted octanol–water partition coefficient (Wildman–Crippen LogP) is 3.90. The molecule has 0 atom stereocenters. The number of nitrogens with zero attached hydrogens (tertiary/aromatic N) is 3. The molecule has 23 heavy (non-hydrogen) atoms. The van der Waals surface area contributed by atoms with Gasteiger partial charge in [-0.1, -0.05) is 18.0 Å². The Bertz CT molecular complexity index is 819. The first-order valence-electron chi connectivity index (χ1n) is 7.79. The quantitative estimate of drug-likeness (QED) is 0.790. The monoisotopic (exact) mass is 326 g/mol. The van der Waals surface area contributed by atoms with Crippen LogP contribution in [0.2, 0.25) is 0 Å². The SMILES string of the molecule is Cc1nc(-c2ccsc2)ccc1-c1nc(C2(N)CCCC2)no1. The second-order valence-electron chi connectivity index (χ2n) is 6.13. The Morgan fingerprint density at radius 1 is 1.17 bits per heavy atom. The van der Waals surface area contributed by atoms with Crippen LogP contribution >= 0.6 is 11.3 Å². The van der Waals surface area contributed by atoms with E-state index in [-0.39, 0.29) is 0 Å². The zero-order valence-electron chi connectivity index (χ0n) is 13.0. The molecule has 1 saturated carbocycles. The van der Waals surface area contributed by atoms with Crippen LogP contribution < -0.4 is 5.73 Å². The van der Waals surface area contributed by atoms with E-state index in [1.807, 2.05) is 24.4 Å². The maximum Gasteiger partial charge on any atom is 0.259 e. The average molecular weight is 326 g/mol. The molecular weight excluding hydrogens is 308 g/mol. The molecule has 0 unspecified atom stereocenters. The third kappa shape index (κ3) is 2.58. The van der Waals surface area contributed by atoms with Gasteiger partial charge in [-0.2, -0.15) is 16.3 Å². The third-order valence-corrected chi connectivity index (χ3v) is 5.18. The van der Waals surface area contributed by atoms with Gasteiger partial charge in [0, 0.05) is 10.9 Å². The van der Waals surface area contributed by atoms with Crippen LogP contribution in [0.4, 0.5) is 0 Å². The van der Waals surface area contributed by atoms with Crippen LogP contribution in [0.25, 0.3) is 22.7 Å². The average Bonchev–Trinajstić information content (AvgIpc) is 3.29. The van der Waals surface area contributed by atoms with Crippen molar-refractivity contribution in [2.75, 3.05) is 0 Å². The first-order valence-corrected chi connectivity index (χ1v) is 8.74. The highest BCUT2D eigenvalue weighted by Crippen LogP contribution is 2.35. The highest BCUT2D eigenvalue weighted by atomic mass is 32.1. The molecule has 1 aliphatic rings. The number of aromatic nitrogens is 3. The Kier molecular flexibility index (Phi) is 3.50. The van der Waals surface area contributed by atoms with E-state index in [4.69, 9.17) is 10.3 Å². The Balaban J connectivity index is 1.67. The van der Waals surface area contributed by atoms with Crippen LogP contribution in [-0.4, -0.2) is 15.1 Å². The molecule has 3 heterocycles. The molecule has 4 rings (SSSR count). The van der Waals surface area contributed by atoms with Crippen molar-refractivity contribution in [2.45, 2.75) is 38.1 Å². The number of thiophene rings is 1. The van der Waals surface area contributed by atoms with E-state index < -0.39 is 5.54 Å². The fraction of sp³-hybridized carbons (Fsp3) is 0.353. The molecule has 3 aromatic heterocycles. The molecule has 5 nitrogen and oxygen atoms in total. The maximum atomic E-state index is 6.40. The van der Waals surface area contributed by atoms with Gasteiger partial charge < -0.3 is 10.3 Å². The van der Waals surface area contributed by atoms with Gasteiger partial charge >= 0.3 is 0 Å². The molecule has 0 spiro atoms. The molecule has 118 valence electrons. The van der Waals surface area contributed by atoms with E-state index in [2.05, 4.69) is 26.6 Å². The fourth-order valence-corrected chi connectivity index (χ4v) is 3.77. The van der Waals surface area contributed by atoms with Gasteiger partial charge in [-0.15, -0.1) is 0 Å². The molecule has 0 bridgehead atoms. The largest absolute Gasteiger partial charge is 0.334 e. The fourth-order valence-electron chi connectivity index (χ4n) is 3.12. The van der Waals surface area contributed by atoms with Crippen LogP contribution in [0.1, 0.15) is 37.2 Å². The lowest BCUT2D eigenvalue weighted by Gasteiger charge is -2.17. The number of pyridine rings is 1. The first kappa shape index (κ1) is 14.5. The molecular formula is C17H18N4OS.